The Morgan fingerprint density at radius 2 is 1.92 bits per heavy atom. The van der Waals surface area contributed by atoms with E-state index in [-0.39, 0.29) is 11.2 Å². The van der Waals surface area contributed by atoms with Crippen molar-refractivity contribution in [2.45, 2.75) is 17.3 Å². The zero-order valence-corrected chi connectivity index (χ0v) is 15.7. The lowest BCUT2D eigenvalue weighted by atomic mass is 10.2. The second-order valence-electron chi connectivity index (χ2n) is 5.71. The molecule has 134 valence electrons. The summed E-state index contributed by atoms with van der Waals surface area (Å²) in [6.07, 6.45) is 0. The number of carbonyl (C=O) groups excluding carboxylic acids is 1. The van der Waals surface area contributed by atoms with Crippen molar-refractivity contribution in [2.75, 3.05) is 12.4 Å². The first kappa shape index (κ1) is 18.0. The first-order valence-electron chi connectivity index (χ1n) is 8.15. The van der Waals surface area contributed by atoms with Crippen LogP contribution >= 0.6 is 11.8 Å². The molecule has 0 saturated heterocycles. The van der Waals surface area contributed by atoms with Crippen LogP contribution in [0.1, 0.15) is 6.92 Å². The Morgan fingerprint density at radius 1 is 1.15 bits per heavy atom. The molecule has 0 aliphatic rings. The summed E-state index contributed by atoms with van der Waals surface area (Å²) in [6.45, 7) is 1.84. The topological polar surface area (TPSA) is 69.0 Å². The Morgan fingerprint density at radius 3 is 2.65 bits per heavy atom. The van der Waals surface area contributed by atoms with E-state index in [0.717, 1.165) is 11.4 Å². The van der Waals surface area contributed by atoms with Gasteiger partial charge in [-0.15, -0.1) is 10.2 Å². The van der Waals surface area contributed by atoms with Gasteiger partial charge in [-0.1, -0.05) is 48.2 Å². The van der Waals surface area contributed by atoms with Gasteiger partial charge in [-0.2, -0.15) is 0 Å². The van der Waals surface area contributed by atoms with Crippen molar-refractivity contribution in [3.05, 3.63) is 54.6 Å². The highest BCUT2D eigenvalue weighted by Gasteiger charge is 2.19. The number of nitrogens with zero attached hydrogens (tertiary/aromatic N) is 3. The molecule has 2 aromatic carbocycles. The molecule has 7 heteroatoms. The van der Waals surface area contributed by atoms with Crippen LogP contribution in [0, 0.1) is 0 Å². The maximum atomic E-state index is 12.5. The molecule has 0 aliphatic heterocycles. The Kier molecular flexibility index (Phi) is 5.58. The van der Waals surface area contributed by atoms with Crippen LogP contribution in [-0.2, 0) is 11.8 Å². The van der Waals surface area contributed by atoms with E-state index in [0.29, 0.717) is 16.6 Å². The lowest BCUT2D eigenvalue weighted by molar-refractivity contribution is -0.115. The van der Waals surface area contributed by atoms with Crippen molar-refractivity contribution in [3.63, 3.8) is 0 Å². The zero-order chi connectivity index (χ0) is 18.5. The van der Waals surface area contributed by atoms with Crippen molar-refractivity contribution in [3.8, 4) is 17.1 Å². The molecule has 1 atom stereocenters. The first-order chi connectivity index (χ1) is 12.6. The number of ether oxygens (including phenoxy) is 1. The van der Waals surface area contributed by atoms with Crippen LogP contribution in [0.3, 0.4) is 0 Å². The summed E-state index contributed by atoms with van der Waals surface area (Å²) in [4.78, 5) is 12.5. The third-order valence-corrected chi connectivity index (χ3v) is 4.99. The highest BCUT2D eigenvalue weighted by molar-refractivity contribution is 8.00. The van der Waals surface area contributed by atoms with E-state index in [1.807, 2.05) is 67.1 Å². The summed E-state index contributed by atoms with van der Waals surface area (Å²) >= 11 is 1.37. The van der Waals surface area contributed by atoms with Gasteiger partial charge in [0.25, 0.3) is 0 Å². The number of aromatic nitrogens is 3. The molecule has 26 heavy (non-hydrogen) atoms. The van der Waals surface area contributed by atoms with Crippen LogP contribution in [0.15, 0.2) is 59.8 Å². The van der Waals surface area contributed by atoms with E-state index in [1.54, 1.807) is 13.2 Å². The third kappa shape index (κ3) is 4.05. The fraction of sp³-hybridized carbons (Fsp3) is 0.211. The molecule has 1 unspecified atom stereocenters. The molecule has 1 aromatic heterocycles. The molecule has 1 amide bonds. The molecule has 0 aliphatic carbocycles. The predicted octanol–water partition coefficient (Wildman–Crippen LogP) is 3.61. The SMILES string of the molecule is COc1cccc(NC(=O)C(C)Sc2nnc(-c3ccccc3)n2C)c1. The number of hydrogen-bond donors (Lipinski definition) is 1. The quantitative estimate of drug-likeness (QED) is 0.673. The molecule has 0 bridgehead atoms. The fourth-order valence-corrected chi connectivity index (χ4v) is 3.23. The Balaban J connectivity index is 1.69. The Bertz CT molecular complexity index is 896. The van der Waals surface area contributed by atoms with Gasteiger partial charge in [0.15, 0.2) is 11.0 Å². The minimum atomic E-state index is -0.326. The molecular weight excluding hydrogens is 348 g/mol. The fourth-order valence-electron chi connectivity index (χ4n) is 2.41. The van der Waals surface area contributed by atoms with Gasteiger partial charge in [-0.3, -0.25) is 4.79 Å². The Labute approximate surface area is 156 Å². The number of amides is 1. The Hall–Kier alpha value is -2.80. The summed E-state index contributed by atoms with van der Waals surface area (Å²) in [7, 11) is 3.50. The minimum Gasteiger partial charge on any atom is -0.497 e. The molecule has 3 aromatic rings. The van der Waals surface area contributed by atoms with E-state index in [1.165, 1.54) is 11.8 Å². The second-order valence-corrected chi connectivity index (χ2v) is 7.02. The van der Waals surface area contributed by atoms with Gasteiger partial charge >= 0.3 is 0 Å². The molecule has 0 fully saturated rings. The lowest BCUT2D eigenvalue weighted by Gasteiger charge is -2.12. The highest BCUT2D eigenvalue weighted by Crippen LogP contribution is 2.26. The standard InChI is InChI=1S/C19H20N4O2S/c1-13(18(24)20-15-10-7-11-16(12-15)25-3)26-19-22-21-17(23(19)2)14-8-5-4-6-9-14/h4-13H,1-3H3,(H,20,24). The van der Waals surface area contributed by atoms with Gasteiger partial charge in [-0.05, 0) is 19.1 Å². The number of rotatable bonds is 6. The summed E-state index contributed by atoms with van der Waals surface area (Å²) in [6, 6.07) is 17.1. The van der Waals surface area contributed by atoms with Crippen molar-refractivity contribution >= 4 is 23.4 Å². The average Bonchev–Trinajstić information content (AvgIpc) is 3.03. The zero-order valence-electron chi connectivity index (χ0n) is 14.8. The second kappa shape index (κ2) is 8.05. The molecular formula is C19H20N4O2S. The highest BCUT2D eigenvalue weighted by atomic mass is 32.2. The van der Waals surface area contributed by atoms with Crippen molar-refractivity contribution in [2.24, 2.45) is 7.05 Å². The van der Waals surface area contributed by atoms with E-state index in [4.69, 9.17) is 4.74 Å². The molecule has 0 radical (unpaired) electrons. The number of thioether (sulfide) groups is 1. The number of benzene rings is 2. The summed E-state index contributed by atoms with van der Waals surface area (Å²) in [5.41, 5.74) is 1.69. The number of carbonyl (C=O) groups is 1. The van der Waals surface area contributed by atoms with Gasteiger partial charge < -0.3 is 14.6 Å². The van der Waals surface area contributed by atoms with Gasteiger partial charge in [0.2, 0.25) is 5.91 Å². The van der Waals surface area contributed by atoms with Crippen molar-refractivity contribution in [1.82, 2.24) is 14.8 Å². The van der Waals surface area contributed by atoms with Crippen LogP contribution < -0.4 is 10.1 Å². The van der Waals surface area contributed by atoms with E-state index >= 15 is 0 Å². The monoisotopic (exact) mass is 368 g/mol. The number of hydrogen-bond acceptors (Lipinski definition) is 5. The maximum absolute atomic E-state index is 12.5. The van der Waals surface area contributed by atoms with E-state index < -0.39 is 0 Å². The number of methoxy groups -OCH3 is 1. The summed E-state index contributed by atoms with van der Waals surface area (Å²) < 4.78 is 7.07. The minimum absolute atomic E-state index is 0.104. The van der Waals surface area contributed by atoms with Crippen molar-refractivity contribution in [1.29, 1.82) is 0 Å². The lowest BCUT2D eigenvalue weighted by Crippen LogP contribution is -2.22. The number of nitrogens with one attached hydrogen (secondary N) is 1. The first-order valence-corrected chi connectivity index (χ1v) is 9.03. The number of anilines is 1. The average molecular weight is 368 g/mol. The van der Waals surface area contributed by atoms with Crippen molar-refractivity contribution < 1.29 is 9.53 Å². The van der Waals surface area contributed by atoms with Crippen LogP contribution in [0.25, 0.3) is 11.4 Å². The molecule has 1 heterocycles. The largest absolute Gasteiger partial charge is 0.497 e. The third-order valence-electron chi connectivity index (χ3n) is 3.86. The summed E-state index contributed by atoms with van der Waals surface area (Å²) in [5.74, 6) is 1.37. The van der Waals surface area contributed by atoms with Crippen LogP contribution in [-0.4, -0.2) is 33.0 Å². The van der Waals surface area contributed by atoms with E-state index in [9.17, 15) is 4.79 Å². The van der Waals surface area contributed by atoms with Crippen LogP contribution in [0.5, 0.6) is 5.75 Å². The van der Waals surface area contributed by atoms with Gasteiger partial charge in [0.05, 0.1) is 12.4 Å². The van der Waals surface area contributed by atoms with E-state index in [2.05, 4.69) is 15.5 Å². The van der Waals surface area contributed by atoms with Gasteiger partial charge in [0.1, 0.15) is 5.75 Å². The van der Waals surface area contributed by atoms with Crippen LogP contribution in [0.4, 0.5) is 5.69 Å². The normalized spacial score (nSPS) is 11.8. The molecule has 1 N–H and O–H groups in total. The maximum Gasteiger partial charge on any atom is 0.237 e. The van der Waals surface area contributed by atoms with Crippen LogP contribution in [0.2, 0.25) is 0 Å². The molecule has 6 nitrogen and oxygen atoms in total. The van der Waals surface area contributed by atoms with Gasteiger partial charge in [-0.25, -0.2) is 0 Å². The predicted molar refractivity (Wildman–Crippen MR) is 103 cm³/mol. The van der Waals surface area contributed by atoms with Gasteiger partial charge in [0, 0.05) is 24.4 Å². The molecule has 3 rings (SSSR count). The molecule has 0 saturated carbocycles. The summed E-state index contributed by atoms with van der Waals surface area (Å²) in [5, 5.41) is 11.7. The molecule has 0 spiro atoms. The smallest absolute Gasteiger partial charge is 0.237 e.